The van der Waals surface area contributed by atoms with Crippen molar-refractivity contribution in [3.63, 3.8) is 0 Å². The van der Waals surface area contributed by atoms with E-state index in [9.17, 15) is 0 Å². The fraction of sp³-hybridized carbons (Fsp3) is 0.273. The summed E-state index contributed by atoms with van der Waals surface area (Å²) < 4.78 is 0. The van der Waals surface area contributed by atoms with Crippen LogP contribution in [0, 0.1) is 0 Å². The van der Waals surface area contributed by atoms with Crippen LogP contribution >= 0.6 is 11.6 Å². The van der Waals surface area contributed by atoms with E-state index in [1.165, 1.54) is 0 Å². The Morgan fingerprint density at radius 2 is 2.29 bits per heavy atom. The highest BCUT2D eigenvalue weighted by Crippen LogP contribution is 2.28. The van der Waals surface area contributed by atoms with Crippen LogP contribution in [0.4, 0.5) is 0 Å². The summed E-state index contributed by atoms with van der Waals surface area (Å²) in [4.78, 5) is 3.16. The minimum atomic E-state index is 0.0854. The molecule has 0 fully saturated rings. The van der Waals surface area contributed by atoms with Crippen molar-refractivity contribution >= 4 is 22.5 Å². The first-order valence-electron chi connectivity index (χ1n) is 4.75. The van der Waals surface area contributed by atoms with E-state index in [2.05, 4.69) is 11.9 Å². The van der Waals surface area contributed by atoms with Gasteiger partial charge in [-0.3, -0.25) is 0 Å². The number of nitrogens with one attached hydrogen (secondary N) is 1. The maximum atomic E-state index is 6.05. The van der Waals surface area contributed by atoms with Gasteiger partial charge >= 0.3 is 0 Å². The highest BCUT2D eigenvalue weighted by molar-refractivity contribution is 6.35. The van der Waals surface area contributed by atoms with Crippen molar-refractivity contribution in [2.24, 2.45) is 5.73 Å². The molecule has 0 spiro atoms. The number of rotatable bonds is 2. The highest BCUT2D eigenvalue weighted by Gasteiger charge is 2.10. The molecule has 0 saturated carbocycles. The molecule has 0 bridgehead atoms. The SMILES string of the molecule is CCC(N)c1c[nH]c2c(Cl)cccc12. The van der Waals surface area contributed by atoms with Crippen LogP contribution < -0.4 is 5.73 Å². The summed E-state index contributed by atoms with van der Waals surface area (Å²) >= 11 is 6.05. The van der Waals surface area contributed by atoms with Gasteiger partial charge in [0.2, 0.25) is 0 Å². The van der Waals surface area contributed by atoms with Crippen LogP contribution in [0.25, 0.3) is 10.9 Å². The number of aromatic amines is 1. The molecule has 3 N–H and O–H groups in total. The monoisotopic (exact) mass is 208 g/mol. The Morgan fingerprint density at radius 1 is 1.50 bits per heavy atom. The number of hydrogen-bond donors (Lipinski definition) is 2. The number of aromatic nitrogens is 1. The predicted molar refractivity (Wildman–Crippen MR) is 60.5 cm³/mol. The zero-order valence-electron chi connectivity index (χ0n) is 8.05. The summed E-state index contributed by atoms with van der Waals surface area (Å²) in [6.07, 6.45) is 2.88. The van der Waals surface area contributed by atoms with Crippen molar-refractivity contribution < 1.29 is 0 Å². The van der Waals surface area contributed by atoms with Crippen LogP contribution in [-0.4, -0.2) is 4.98 Å². The highest BCUT2D eigenvalue weighted by atomic mass is 35.5. The van der Waals surface area contributed by atoms with Gasteiger partial charge in [-0.2, -0.15) is 0 Å². The van der Waals surface area contributed by atoms with Crippen molar-refractivity contribution in [3.8, 4) is 0 Å². The molecule has 0 aliphatic rings. The third kappa shape index (κ3) is 1.41. The maximum Gasteiger partial charge on any atom is 0.0647 e. The normalized spacial score (nSPS) is 13.4. The lowest BCUT2D eigenvalue weighted by molar-refractivity contribution is 0.704. The van der Waals surface area contributed by atoms with Crippen molar-refractivity contribution in [1.29, 1.82) is 0 Å². The van der Waals surface area contributed by atoms with Crippen molar-refractivity contribution in [1.82, 2.24) is 4.98 Å². The molecule has 1 atom stereocenters. The van der Waals surface area contributed by atoms with Gasteiger partial charge < -0.3 is 10.7 Å². The molecule has 0 amide bonds. The van der Waals surface area contributed by atoms with Gasteiger partial charge in [-0.25, -0.2) is 0 Å². The average Bonchev–Trinajstić information content (AvgIpc) is 2.62. The Balaban J connectivity index is 2.63. The summed E-state index contributed by atoms with van der Waals surface area (Å²) in [5, 5.41) is 1.88. The summed E-state index contributed by atoms with van der Waals surface area (Å²) in [5.41, 5.74) is 8.11. The predicted octanol–water partition coefficient (Wildman–Crippen LogP) is 3.23. The summed E-state index contributed by atoms with van der Waals surface area (Å²) in [6.45, 7) is 2.08. The quantitative estimate of drug-likeness (QED) is 0.782. The molecule has 1 unspecified atom stereocenters. The molecular formula is C11H13ClN2. The molecule has 1 aromatic heterocycles. The number of hydrogen-bond acceptors (Lipinski definition) is 1. The Labute approximate surface area is 88.1 Å². The fourth-order valence-corrected chi connectivity index (χ4v) is 1.89. The summed E-state index contributed by atoms with van der Waals surface area (Å²) in [7, 11) is 0. The number of fused-ring (bicyclic) bond motifs is 1. The minimum Gasteiger partial charge on any atom is -0.360 e. The van der Waals surface area contributed by atoms with Gasteiger partial charge in [0.1, 0.15) is 0 Å². The molecule has 0 aliphatic carbocycles. The van der Waals surface area contributed by atoms with Gasteiger partial charge in [0.05, 0.1) is 10.5 Å². The fourth-order valence-electron chi connectivity index (χ4n) is 1.67. The van der Waals surface area contributed by atoms with Crippen LogP contribution in [0.15, 0.2) is 24.4 Å². The van der Waals surface area contributed by atoms with Gasteiger partial charge in [-0.15, -0.1) is 0 Å². The standard InChI is InChI=1S/C11H13ClN2/c1-2-10(13)8-6-14-11-7(8)4-3-5-9(11)12/h3-6,10,14H,2,13H2,1H3. The van der Waals surface area contributed by atoms with Gasteiger partial charge in [-0.1, -0.05) is 30.7 Å². The zero-order chi connectivity index (χ0) is 10.1. The number of benzene rings is 1. The Morgan fingerprint density at radius 3 is 3.00 bits per heavy atom. The maximum absolute atomic E-state index is 6.05. The van der Waals surface area contributed by atoms with Crippen molar-refractivity contribution in [3.05, 3.63) is 35.0 Å². The minimum absolute atomic E-state index is 0.0854. The largest absolute Gasteiger partial charge is 0.360 e. The number of nitrogens with two attached hydrogens (primary N) is 1. The van der Waals surface area contributed by atoms with Gasteiger partial charge in [0.15, 0.2) is 0 Å². The molecule has 0 radical (unpaired) electrons. The number of para-hydroxylation sites is 1. The van der Waals surface area contributed by atoms with Crippen LogP contribution in [0.3, 0.4) is 0 Å². The lowest BCUT2D eigenvalue weighted by Crippen LogP contribution is -2.07. The molecule has 74 valence electrons. The molecule has 2 rings (SSSR count). The molecule has 2 aromatic rings. The second kappa shape index (κ2) is 3.64. The van der Waals surface area contributed by atoms with E-state index in [1.807, 2.05) is 24.4 Å². The molecule has 0 aliphatic heterocycles. The number of halogens is 1. The smallest absolute Gasteiger partial charge is 0.0647 e. The lowest BCUT2D eigenvalue weighted by Gasteiger charge is -2.06. The molecule has 0 saturated heterocycles. The third-order valence-electron chi connectivity index (χ3n) is 2.54. The van der Waals surface area contributed by atoms with E-state index >= 15 is 0 Å². The van der Waals surface area contributed by atoms with E-state index in [0.717, 1.165) is 27.9 Å². The first-order valence-corrected chi connectivity index (χ1v) is 5.13. The zero-order valence-corrected chi connectivity index (χ0v) is 8.81. The first kappa shape index (κ1) is 9.56. The van der Waals surface area contributed by atoms with Gasteiger partial charge in [0, 0.05) is 17.6 Å². The van der Waals surface area contributed by atoms with E-state index in [-0.39, 0.29) is 6.04 Å². The van der Waals surface area contributed by atoms with Gasteiger partial charge in [-0.05, 0) is 18.1 Å². The van der Waals surface area contributed by atoms with Crippen LogP contribution in [0.2, 0.25) is 5.02 Å². The molecule has 1 heterocycles. The summed E-state index contributed by atoms with van der Waals surface area (Å²) in [5.74, 6) is 0. The van der Waals surface area contributed by atoms with Crippen LogP contribution in [-0.2, 0) is 0 Å². The third-order valence-corrected chi connectivity index (χ3v) is 2.85. The summed E-state index contributed by atoms with van der Waals surface area (Å²) in [6, 6.07) is 5.96. The van der Waals surface area contributed by atoms with Crippen molar-refractivity contribution in [2.75, 3.05) is 0 Å². The lowest BCUT2D eigenvalue weighted by atomic mass is 10.0. The Hall–Kier alpha value is -0.990. The topological polar surface area (TPSA) is 41.8 Å². The molecule has 2 nitrogen and oxygen atoms in total. The van der Waals surface area contributed by atoms with Crippen molar-refractivity contribution in [2.45, 2.75) is 19.4 Å². The molecular weight excluding hydrogens is 196 g/mol. The Bertz CT molecular complexity index is 447. The molecule has 3 heteroatoms. The molecule has 14 heavy (non-hydrogen) atoms. The first-order chi connectivity index (χ1) is 6.74. The van der Waals surface area contributed by atoms with Crippen LogP contribution in [0.1, 0.15) is 24.9 Å². The number of H-pyrrole nitrogens is 1. The van der Waals surface area contributed by atoms with E-state index < -0.39 is 0 Å². The molecule has 1 aromatic carbocycles. The van der Waals surface area contributed by atoms with E-state index in [4.69, 9.17) is 17.3 Å². The Kier molecular flexibility index (Phi) is 2.48. The van der Waals surface area contributed by atoms with E-state index in [0.29, 0.717) is 0 Å². The van der Waals surface area contributed by atoms with Gasteiger partial charge in [0.25, 0.3) is 0 Å². The second-order valence-corrected chi connectivity index (χ2v) is 3.83. The van der Waals surface area contributed by atoms with E-state index in [1.54, 1.807) is 0 Å². The van der Waals surface area contributed by atoms with Crippen LogP contribution in [0.5, 0.6) is 0 Å². The second-order valence-electron chi connectivity index (χ2n) is 3.42. The average molecular weight is 209 g/mol.